The zero-order chi connectivity index (χ0) is 37.8. The highest BCUT2D eigenvalue weighted by Crippen LogP contribution is 2.13. The van der Waals surface area contributed by atoms with Crippen LogP contribution in [-0.2, 0) is 19.1 Å². The lowest BCUT2D eigenvalue weighted by molar-refractivity contribution is -0.161. The number of ether oxygens (including phenoxy) is 2. The van der Waals surface area contributed by atoms with Crippen LogP contribution in [0.25, 0.3) is 0 Å². The first-order chi connectivity index (χ1) is 25.6. The van der Waals surface area contributed by atoms with Crippen LogP contribution in [0.3, 0.4) is 0 Å². The van der Waals surface area contributed by atoms with E-state index in [1.54, 1.807) is 0 Å². The number of hydrogen-bond acceptors (Lipinski definition) is 5. The molecule has 0 saturated carbocycles. The molecule has 1 atom stereocenters. The van der Waals surface area contributed by atoms with Crippen LogP contribution < -0.4 is 0 Å². The van der Waals surface area contributed by atoms with E-state index in [0.29, 0.717) is 12.8 Å². The van der Waals surface area contributed by atoms with Gasteiger partial charge in [0.05, 0.1) is 6.61 Å². The lowest BCUT2D eigenvalue weighted by Crippen LogP contribution is -2.28. The minimum atomic E-state index is -0.815. The molecule has 0 spiro atoms. The van der Waals surface area contributed by atoms with Gasteiger partial charge in [-0.15, -0.1) is 0 Å². The summed E-state index contributed by atoms with van der Waals surface area (Å²) in [5, 5.41) is 9.56. The Bertz CT molecular complexity index is 957. The number of aliphatic hydroxyl groups excluding tert-OH is 1. The van der Waals surface area contributed by atoms with E-state index < -0.39 is 12.1 Å². The third-order valence-corrected chi connectivity index (χ3v) is 8.99. The standard InChI is InChI=1S/C47H80O5/c1-3-5-7-9-11-13-15-17-19-21-23-25-27-29-31-33-35-37-39-41-46(49)51-44-45(43-48)52-47(50)42-40-38-36-34-32-30-28-26-24-22-20-18-16-14-12-10-8-6-4-2/h12,14,17-20,24,26,30,32,36,38,45,48H,3-11,13,15-16,21-23,25,27-29,31,33-35,37,39-44H2,1-2H3/t45-/m0/s1. The quantitative estimate of drug-likeness (QED) is 0.0390. The molecule has 5 heteroatoms. The van der Waals surface area contributed by atoms with Crippen molar-refractivity contribution in [1.82, 2.24) is 0 Å². The summed E-state index contributed by atoms with van der Waals surface area (Å²) in [4.78, 5) is 24.3. The van der Waals surface area contributed by atoms with E-state index in [2.05, 4.69) is 74.6 Å². The van der Waals surface area contributed by atoms with Crippen molar-refractivity contribution >= 4 is 11.9 Å². The highest BCUT2D eigenvalue weighted by Gasteiger charge is 2.15. The first-order valence-electron chi connectivity index (χ1n) is 21.5. The number of carbonyl (C=O) groups excluding carboxylic acids is 2. The number of hydrogen-bond donors (Lipinski definition) is 1. The lowest BCUT2D eigenvalue weighted by Gasteiger charge is -2.15. The van der Waals surface area contributed by atoms with Gasteiger partial charge >= 0.3 is 11.9 Å². The molecule has 0 bridgehead atoms. The Labute approximate surface area is 321 Å². The molecular formula is C47H80O5. The van der Waals surface area contributed by atoms with Gasteiger partial charge in [0.15, 0.2) is 6.10 Å². The van der Waals surface area contributed by atoms with Crippen LogP contribution in [0.1, 0.15) is 194 Å². The van der Waals surface area contributed by atoms with Crippen molar-refractivity contribution in [3.05, 3.63) is 72.9 Å². The van der Waals surface area contributed by atoms with Gasteiger partial charge in [-0.25, -0.2) is 0 Å². The number of allylic oxidation sites excluding steroid dienone is 12. The first kappa shape index (κ1) is 49.3. The zero-order valence-electron chi connectivity index (χ0n) is 33.8. The van der Waals surface area contributed by atoms with Crippen molar-refractivity contribution in [2.45, 2.75) is 200 Å². The second-order valence-electron chi connectivity index (χ2n) is 14.1. The number of rotatable bonds is 38. The third kappa shape index (κ3) is 40.1. The zero-order valence-corrected chi connectivity index (χ0v) is 33.8. The van der Waals surface area contributed by atoms with Gasteiger partial charge < -0.3 is 14.6 Å². The molecule has 298 valence electrons. The molecule has 0 aromatic heterocycles. The third-order valence-electron chi connectivity index (χ3n) is 8.99. The van der Waals surface area contributed by atoms with E-state index in [9.17, 15) is 14.7 Å². The van der Waals surface area contributed by atoms with Crippen LogP contribution in [0.2, 0.25) is 0 Å². The summed E-state index contributed by atoms with van der Waals surface area (Å²) in [7, 11) is 0. The minimum Gasteiger partial charge on any atom is -0.462 e. The van der Waals surface area contributed by atoms with Crippen molar-refractivity contribution < 1.29 is 24.2 Å². The molecule has 0 aliphatic heterocycles. The Morgan fingerprint density at radius 1 is 0.442 bits per heavy atom. The fraction of sp³-hybridized carbons (Fsp3) is 0.702. The molecule has 0 heterocycles. The molecule has 0 aliphatic rings. The van der Waals surface area contributed by atoms with E-state index in [1.807, 2.05) is 12.2 Å². The Morgan fingerprint density at radius 3 is 1.29 bits per heavy atom. The fourth-order valence-electron chi connectivity index (χ4n) is 5.71. The molecule has 1 N–H and O–H groups in total. The van der Waals surface area contributed by atoms with Gasteiger partial charge in [0.2, 0.25) is 0 Å². The molecule has 0 aliphatic carbocycles. The molecule has 52 heavy (non-hydrogen) atoms. The maximum absolute atomic E-state index is 12.2. The lowest BCUT2D eigenvalue weighted by atomic mass is 10.1. The van der Waals surface area contributed by atoms with Crippen LogP contribution in [0.5, 0.6) is 0 Å². The van der Waals surface area contributed by atoms with Crippen molar-refractivity contribution in [1.29, 1.82) is 0 Å². The van der Waals surface area contributed by atoms with Crippen LogP contribution >= 0.6 is 0 Å². The Hall–Kier alpha value is -2.66. The van der Waals surface area contributed by atoms with Crippen molar-refractivity contribution in [2.24, 2.45) is 0 Å². The average Bonchev–Trinajstić information content (AvgIpc) is 3.15. The highest BCUT2D eigenvalue weighted by atomic mass is 16.6. The Morgan fingerprint density at radius 2 is 0.808 bits per heavy atom. The van der Waals surface area contributed by atoms with Gasteiger partial charge in [-0.05, 0) is 77.0 Å². The van der Waals surface area contributed by atoms with E-state index in [-0.39, 0.29) is 25.6 Å². The molecule has 0 saturated heterocycles. The summed E-state index contributed by atoms with van der Waals surface area (Å²) in [6.07, 6.45) is 56.9. The monoisotopic (exact) mass is 725 g/mol. The van der Waals surface area contributed by atoms with E-state index in [0.717, 1.165) is 44.9 Å². The molecule has 0 rings (SSSR count). The van der Waals surface area contributed by atoms with E-state index in [4.69, 9.17) is 9.47 Å². The predicted octanol–water partition coefficient (Wildman–Crippen LogP) is 13.7. The number of esters is 2. The van der Waals surface area contributed by atoms with Crippen LogP contribution in [-0.4, -0.2) is 36.4 Å². The maximum atomic E-state index is 12.2. The van der Waals surface area contributed by atoms with Gasteiger partial charge in [-0.2, -0.15) is 0 Å². The van der Waals surface area contributed by atoms with E-state index in [1.165, 1.54) is 116 Å². The normalized spacial score (nSPS) is 12.9. The van der Waals surface area contributed by atoms with Gasteiger partial charge in [-0.3, -0.25) is 9.59 Å². The summed E-state index contributed by atoms with van der Waals surface area (Å²) in [5.41, 5.74) is 0. The summed E-state index contributed by atoms with van der Waals surface area (Å²) in [6.45, 7) is 4.04. The van der Waals surface area contributed by atoms with Gasteiger partial charge in [0.25, 0.3) is 0 Å². The highest BCUT2D eigenvalue weighted by molar-refractivity contribution is 5.70. The van der Waals surface area contributed by atoms with E-state index >= 15 is 0 Å². The molecule has 0 aromatic carbocycles. The molecule has 0 unspecified atom stereocenters. The predicted molar refractivity (Wildman–Crippen MR) is 223 cm³/mol. The maximum Gasteiger partial charge on any atom is 0.306 e. The first-order valence-corrected chi connectivity index (χ1v) is 21.5. The Kier molecular flexibility index (Phi) is 40.6. The summed E-state index contributed by atoms with van der Waals surface area (Å²) < 4.78 is 10.6. The van der Waals surface area contributed by atoms with Crippen molar-refractivity contribution in [3.8, 4) is 0 Å². The summed E-state index contributed by atoms with van der Waals surface area (Å²) in [6, 6.07) is 0. The Balaban J connectivity index is 3.67. The molecule has 0 amide bonds. The number of carbonyl (C=O) groups is 2. The smallest absolute Gasteiger partial charge is 0.306 e. The van der Waals surface area contributed by atoms with Crippen LogP contribution in [0, 0.1) is 0 Å². The summed E-state index contributed by atoms with van der Waals surface area (Å²) in [5.74, 6) is -0.691. The van der Waals surface area contributed by atoms with Crippen LogP contribution in [0.15, 0.2) is 72.9 Å². The molecule has 0 radical (unpaired) electrons. The van der Waals surface area contributed by atoms with Gasteiger partial charge in [0, 0.05) is 12.8 Å². The van der Waals surface area contributed by atoms with Crippen molar-refractivity contribution in [3.63, 3.8) is 0 Å². The number of aliphatic hydroxyl groups is 1. The minimum absolute atomic E-state index is 0.0993. The van der Waals surface area contributed by atoms with Gasteiger partial charge in [-0.1, -0.05) is 177 Å². The fourth-order valence-corrected chi connectivity index (χ4v) is 5.71. The summed E-state index contributed by atoms with van der Waals surface area (Å²) >= 11 is 0. The average molecular weight is 725 g/mol. The second kappa shape index (κ2) is 42.8. The number of unbranched alkanes of at least 4 members (excludes halogenated alkanes) is 18. The van der Waals surface area contributed by atoms with Gasteiger partial charge in [0.1, 0.15) is 6.61 Å². The van der Waals surface area contributed by atoms with Crippen LogP contribution in [0.4, 0.5) is 0 Å². The van der Waals surface area contributed by atoms with Crippen molar-refractivity contribution in [2.75, 3.05) is 13.2 Å². The second-order valence-corrected chi connectivity index (χ2v) is 14.1. The topological polar surface area (TPSA) is 72.8 Å². The molecule has 0 fully saturated rings. The molecule has 5 nitrogen and oxygen atoms in total. The SMILES string of the molecule is CCCCCC=CCC=CCC=CCC=CCC=CCCC(=O)O[C@@H](CO)COC(=O)CCCCCCCCCCCC=CCCCCCCCC. The molecular weight excluding hydrogens is 645 g/mol. The largest absolute Gasteiger partial charge is 0.462 e. The molecule has 0 aromatic rings.